The van der Waals surface area contributed by atoms with Gasteiger partial charge < -0.3 is 11.6 Å². The molecule has 0 spiro atoms. The van der Waals surface area contributed by atoms with Crippen molar-refractivity contribution >= 4 is 44.2 Å². The van der Waals surface area contributed by atoms with E-state index < -0.39 is 0 Å². The van der Waals surface area contributed by atoms with Crippen LogP contribution in [0.15, 0.2) is 21.0 Å². The number of thiophene rings is 1. The Balaban J connectivity index is 2.43. The average Bonchev–Trinajstić information content (AvgIpc) is 2.47. The first-order valence-electron chi connectivity index (χ1n) is 3.12. The van der Waals surface area contributed by atoms with E-state index >= 15 is 0 Å². The van der Waals surface area contributed by atoms with Crippen molar-refractivity contribution in [1.29, 1.82) is 0 Å². The summed E-state index contributed by atoms with van der Waals surface area (Å²) < 4.78 is 1.13. The fraction of sp³-hybridized carbons (Fsp3) is 0.167. The molecular weight excluding hydrogens is 258 g/mol. The van der Waals surface area contributed by atoms with Crippen molar-refractivity contribution in [3.63, 3.8) is 0 Å². The molecule has 0 unspecified atom stereocenters. The van der Waals surface area contributed by atoms with Crippen LogP contribution in [0.2, 0.25) is 0 Å². The Morgan fingerprint density at radius 2 is 2.42 bits per heavy atom. The van der Waals surface area contributed by atoms with Crippen molar-refractivity contribution in [1.82, 2.24) is 0 Å². The predicted molar refractivity (Wildman–Crippen MR) is 59.1 cm³/mol. The maximum Gasteiger partial charge on any atom is 0.177 e. The first kappa shape index (κ1) is 9.88. The normalized spacial score (nSPS) is 11.9. The van der Waals surface area contributed by atoms with Gasteiger partial charge in [-0.1, -0.05) is 11.8 Å². The molecule has 0 saturated heterocycles. The third-order valence-corrected chi connectivity index (χ3v) is 3.78. The van der Waals surface area contributed by atoms with E-state index in [2.05, 4.69) is 21.0 Å². The lowest BCUT2D eigenvalue weighted by Gasteiger charge is -1.95. The minimum atomic E-state index is 0.416. The van der Waals surface area contributed by atoms with E-state index in [0.29, 0.717) is 5.17 Å². The summed E-state index contributed by atoms with van der Waals surface area (Å²) in [5, 5.41) is 3.78. The van der Waals surface area contributed by atoms with Crippen molar-refractivity contribution in [3.8, 4) is 0 Å². The zero-order valence-electron chi connectivity index (χ0n) is 6.16. The van der Waals surface area contributed by atoms with E-state index in [1.165, 1.54) is 16.6 Å². The molecule has 0 atom stereocenters. The van der Waals surface area contributed by atoms with Gasteiger partial charge in [0.05, 0.1) is 3.79 Å². The highest BCUT2D eigenvalue weighted by atomic mass is 79.9. The third kappa shape index (κ3) is 3.04. The van der Waals surface area contributed by atoms with E-state index in [1.54, 1.807) is 11.3 Å². The van der Waals surface area contributed by atoms with E-state index in [4.69, 9.17) is 11.6 Å². The van der Waals surface area contributed by atoms with Crippen molar-refractivity contribution < 1.29 is 0 Å². The molecule has 0 bridgehead atoms. The molecule has 0 aliphatic heterocycles. The van der Waals surface area contributed by atoms with Crippen LogP contribution in [0.4, 0.5) is 0 Å². The van der Waals surface area contributed by atoms with Crippen LogP contribution in [0.25, 0.3) is 0 Å². The summed E-state index contributed by atoms with van der Waals surface area (Å²) in [6, 6.07) is 4.06. The summed E-state index contributed by atoms with van der Waals surface area (Å²) in [6.45, 7) is 0. The Morgan fingerprint density at radius 1 is 1.67 bits per heavy atom. The van der Waals surface area contributed by atoms with Crippen LogP contribution in [-0.2, 0) is 5.75 Å². The number of thioether (sulfide) groups is 1. The largest absolute Gasteiger partial charge is 0.377 e. The first-order chi connectivity index (χ1) is 5.72. The van der Waals surface area contributed by atoms with Gasteiger partial charge in [-0.15, -0.1) is 11.3 Å². The Bertz CT molecular complexity index is 284. The number of rotatable bonds is 2. The Kier molecular flexibility index (Phi) is 3.90. The molecule has 0 amide bonds. The third-order valence-electron chi connectivity index (χ3n) is 1.12. The molecule has 1 heterocycles. The number of amidine groups is 1. The maximum atomic E-state index is 5.41. The van der Waals surface area contributed by atoms with E-state index in [-0.39, 0.29) is 0 Å². The predicted octanol–water partition coefficient (Wildman–Crippen LogP) is 1.93. The molecule has 1 aromatic rings. The highest BCUT2D eigenvalue weighted by Crippen LogP contribution is 2.25. The molecule has 0 aliphatic carbocycles. The fourth-order valence-electron chi connectivity index (χ4n) is 0.612. The topological polar surface area (TPSA) is 64.4 Å². The number of nitrogens with zero attached hydrogens (tertiary/aromatic N) is 1. The molecule has 0 aliphatic rings. The summed E-state index contributed by atoms with van der Waals surface area (Å²) in [5.74, 6) is 5.80. The van der Waals surface area contributed by atoms with E-state index in [0.717, 1.165) is 9.54 Å². The van der Waals surface area contributed by atoms with Gasteiger partial charge in [-0.25, -0.2) is 0 Å². The van der Waals surface area contributed by atoms with Crippen LogP contribution in [0.3, 0.4) is 0 Å². The van der Waals surface area contributed by atoms with Gasteiger partial charge in [0.2, 0.25) is 0 Å². The smallest absolute Gasteiger partial charge is 0.177 e. The van der Waals surface area contributed by atoms with Gasteiger partial charge in [0, 0.05) is 10.6 Å². The number of hydrogen-bond donors (Lipinski definition) is 2. The van der Waals surface area contributed by atoms with Crippen molar-refractivity contribution in [2.45, 2.75) is 5.75 Å². The molecule has 0 radical (unpaired) electrons. The first-order valence-corrected chi connectivity index (χ1v) is 5.72. The summed E-state index contributed by atoms with van der Waals surface area (Å²) in [7, 11) is 0. The second kappa shape index (κ2) is 4.74. The Hall–Kier alpha value is -0.200. The molecule has 4 N–H and O–H groups in total. The lowest BCUT2D eigenvalue weighted by atomic mass is 10.5. The minimum absolute atomic E-state index is 0.416. The molecule has 0 saturated carbocycles. The second-order valence-corrected chi connectivity index (χ2v) is 5.51. The molecule has 0 fully saturated rings. The summed E-state index contributed by atoms with van der Waals surface area (Å²) in [6.07, 6.45) is 0. The minimum Gasteiger partial charge on any atom is -0.377 e. The number of hydrogen-bond acceptors (Lipinski definition) is 4. The lowest BCUT2D eigenvalue weighted by Crippen LogP contribution is -2.08. The standard InChI is InChI=1S/C6H8BrN3S2/c7-5-2-1-4(12-5)3-11-6(8)10-9/h1-2H,3,9H2,(H2,8,10). The summed E-state index contributed by atoms with van der Waals surface area (Å²) >= 11 is 6.50. The Labute approximate surface area is 87.3 Å². The van der Waals surface area contributed by atoms with Crippen molar-refractivity contribution in [2.75, 3.05) is 0 Å². The van der Waals surface area contributed by atoms with E-state index in [9.17, 15) is 0 Å². The molecular formula is C6H8BrN3S2. The van der Waals surface area contributed by atoms with Gasteiger partial charge in [0.15, 0.2) is 5.17 Å². The molecule has 66 valence electrons. The van der Waals surface area contributed by atoms with Crippen LogP contribution in [-0.4, -0.2) is 5.17 Å². The van der Waals surface area contributed by atoms with Gasteiger partial charge in [0.1, 0.15) is 0 Å². The molecule has 12 heavy (non-hydrogen) atoms. The SMILES string of the molecule is NN=C(N)SCc1ccc(Br)s1. The molecule has 0 aromatic carbocycles. The zero-order chi connectivity index (χ0) is 8.97. The maximum absolute atomic E-state index is 5.41. The highest BCUT2D eigenvalue weighted by Gasteiger charge is 1.99. The van der Waals surface area contributed by atoms with Crippen molar-refractivity contribution in [2.24, 2.45) is 16.7 Å². The zero-order valence-corrected chi connectivity index (χ0v) is 9.38. The van der Waals surface area contributed by atoms with Crippen LogP contribution in [0.1, 0.15) is 4.88 Å². The fourth-order valence-corrected chi connectivity index (χ4v) is 2.76. The summed E-state index contributed by atoms with van der Waals surface area (Å²) in [5.41, 5.74) is 5.41. The number of hydrazone groups is 1. The lowest BCUT2D eigenvalue weighted by molar-refractivity contribution is 1.25. The Morgan fingerprint density at radius 3 is 2.92 bits per heavy atom. The molecule has 1 rings (SSSR count). The van der Waals surface area contributed by atoms with Gasteiger partial charge >= 0.3 is 0 Å². The van der Waals surface area contributed by atoms with Crippen LogP contribution < -0.4 is 11.6 Å². The van der Waals surface area contributed by atoms with Gasteiger partial charge in [0.25, 0.3) is 0 Å². The van der Waals surface area contributed by atoms with E-state index in [1.807, 2.05) is 12.1 Å². The molecule has 6 heteroatoms. The second-order valence-electron chi connectivity index (χ2n) is 1.96. The van der Waals surface area contributed by atoms with Crippen LogP contribution >= 0.6 is 39.0 Å². The van der Waals surface area contributed by atoms with Gasteiger partial charge in [-0.3, -0.25) is 0 Å². The van der Waals surface area contributed by atoms with Crippen molar-refractivity contribution in [3.05, 3.63) is 20.8 Å². The number of halogens is 1. The summed E-state index contributed by atoms with van der Waals surface area (Å²) in [4.78, 5) is 1.25. The highest BCUT2D eigenvalue weighted by molar-refractivity contribution is 9.11. The quantitative estimate of drug-likeness (QED) is 0.372. The van der Waals surface area contributed by atoms with Crippen LogP contribution in [0.5, 0.6) is 0 Å². The molecule has 1 aromatic heterocycles. The number of nitrogens with two attached hydrogens (primary N) is 2. The van der Waals surface area contributed by atoms with Gasteiger partial charge in [-0.05, 0) is 28.1 Å². The molecule has 3 nitrogen and oxygen atoms in total. The van der Waals surface area contributed by atoms with Crippen LogP contribution in [0, 0.1) is 0 Å². The van der Waals surface area contributed by atoms with Gasteiger partial charge in [-0.2, -0.15) is 5.10 Å². The monoisotopic (exact) mass is 265 g/mol. The average molecular weight is 266 g/mol.